The van der Waals surface area contributed by atoms with Crippen molar-refractivity contribution in [3.63, 3.8) is 0 Å². The van der Waals surface area contributed by atoms with Gasteiger partial charge in [-0.2, -0.15) is 0 Å². The summed E-state index contributed by atoms with van der Waals surface area (Å²) in [6.07, 6.45) is 6.06. The zero-order chi connectivity index (χ0) is 13.9. The van der Waals surface area contributed by atoms with Crippen LogP contribution in [0.25, 0.3) is 0 Å². The van der Waals surface area contributed by atoms with E-state index in [1.165, 1.54) is 30.4 Å². The summed E-state index contributed by atoms with van der Waals surface area (Å²) in [6.45, 7) is 5.08. The molecule has 0 amide bonds. The maximum Gasteiger partial charge on any atom is 0.134 e. The molecule has 1 fully saturated rings. The van der Waals surface area contributed by atoms with Crippen LogP contribution >= 0.6 is 15.9 Å². The first-order valence-electron chi connectivity index (χ1n) is 7.71. The number of benzene rings is 1. The molecule has 1 heterocycles. The Morgan fingerprint density at radius 1 is 1.15 bits per heavy atom. The number of phenols is 1. The molecule has 20 heavy (non-hydrogen) atoms. The van der Waals surface area contributed by atoms with Crippen LogP contribution in [0.1, 0.15) is 36.0 Å². The molecular formula is C16H23BrN2O. The topological polar surface area (TPSA) is 35.5 Å². The number of aryl methyl sites for hydroxylation is 1. The lowest BCUT2D eigenvalue weighted by molar-refractivity contribution is 0.230. The second-order valence-electron chi connectivity index (χ2n) is 5.92. The summed E-state index contributed by atoms with van der Waals surface area (Å²) >= 11 is 3.64. The first kappa shape index (κ1) is 14.4. The molecule has 0 bridgehead atoms. The van der Waals surface area contributed by atoms with Gasteiger partial charge in [0.15, 0.2) is 0 Å². The summed E-state index contributed by atoms with van der Waals surface area (Å²) in [4.78, 5) is 2.42. The number of aromatic hydroxyl groups is 1. The van der Waals surface area contributed by atoms with E-state index in [2.05, 4.69) is 32.2 Å². The number of piperazine rings is 1. The lowest BCUT2D eigenvalue weighted by Crippen LogP contribution is -2.42. The van der Waals surface area contributed by atoms with Crippen LogP contribution in [0.3, 0.4) is 0 Å². The maximum absolute atomic E-state index is 10.5. The molecule has 110 valence electrons. The highest BCUT2D eigenvalue weighted by atomic mass is 79.9. The quantitative estimate of drug-likeness (QED) is 0.814. The van der Waals surface area contributed by atoms with Gasteiger partial charge in [-0.05, 0) is 52.7 Å². The molecule has 1 aromatic carbocycles. The molecule has 0 atom stereocenters. The first-order valence-corrected chi connectivity index (χ1v) is 8.50. The molecule has 0 aromatic heterocycles. The van der Waals surface area contributed by atoms with Crippen LogP contribution in [0.2, 0.25) is 0 Å². The highest BCUT2D eigenvalue weighted by molar-refractivity contribution is 9.10. The second kappa shape index (κ2) is 6.46. The zero-order valence-electron chi connectivity index (χ0n) is 11.9. The Bertz CT molecular complexity index is 484. The number of fused-ring (bicyclic) bond motifs is 1. The maximum atomic E-state index is 10.5. The predicted molar refractivity (Wildman–Crippen MR) is 85.2 cm³/mol. The Labute approximate surface area is 129 Å². The molecule has 1 aromatic rings. The minimum Gasteiger partial charge on any atom is -0.506 e. The van der Waals surface area contributed by atoms with Crippen LogP contribution in [0.15, 0.2) is 10.5 Å². The Morgan fingerprint density at radius 3 is 2.70 bits per heavy atom. The molecule has 3 nitrogen and oxygen atoms in total. The lowest BCUT2D eigenvalue weighted by atomic mass is 9.98. The highest BCUT2D eigenvalue weighted by Gasteiger charge is 2.19. The average molecular weight is 339 g/mol. The molecule has 0 spiro atoms. The minimum absolute atomic E-state index is 0.462. The molecule has 1 aliphatic carbocycles. The van der Waals surface area contributed by atoms with Crippen molar-refractivity contribution in [2.75, 3.05) is 26.2 Å². The molecule has 3 rings (SSSR count). The minimum atomic E-state index is 0.462. The van der Waals surface area contributed by atoms with E-state index in [9.17, 15) is 5.11 Å². The third kappa shape index (κ3) is 3.02. The van der Waals surface area contributed by atoms with Crippen molar-refractivity contribution in [1.29, 1.82) is 0 Å². The fraction of sp³-hybridized carbons (Fsp3) is 0.625. The molecule has 2 N–H and O–H groups in total. The van der Waals surface area contributed by atoms with E-state index in [1.54, 1.807) is 0 Å². The van der Waals surface area contributed by atoms with E-state index in [1.807, 2.05) is 0 Å². The number of rotatable bonds is 2. The van der Waals surface area contributed by atoms with Crippen LogP contribution in [-0.4, -0.2) is 36.2 Å². The van der Waals surface area contributed by atoms with Crippen LogP contribution in [0.4, 0.5) is 0 Å². The van der Waals surface area contributed by atoms with Gasteiger partial charge < -0.3 is 10.4 Å². The van der Waals surface area contributed by atoms with Crippen molar-refractivity contribution in [3.05, 3.63) is 27.2 Å². The van der Waals surface area contributed by atoms with Gasteiger partial charge >= 0.3 is 0 Å². The van der Waals surface area contributed by atoms with E-state index < -0.39 is 0 Å². The molecular weight excluding hydrogens is 316 g/mol. The summed E-state index contributed by atoms with van der Waals surface area (Å²) in [5, 5.41) is 13.9. The number of nitrogens with one attached hydrogen (secondary N) is 1. The van der Waals surface area contributed by atoms with Crippen molar-refractivity contribution in [2.24, 2.45) is 0 Å². The normalized spacial score (nSPS) is 20.4. The van der Waals surface area contributed by atoms with Crippen molar-refractivity contribution < 1.29 is 5.11 Å². The van der Waals surface area contributed by atoms with Gasteiger partial charge in [0.05, 0.1) is 4.47 Å². The fourth-order valence-corrected chi connectivity index (χ4v) is 4.02. The molecule has 0 radical (unpaired) electrons. The van der Waals surface area contributed by atoms with Gasteiger partial charge in [0, 0.05) is 38.3 Å². The van der Waals surface area contributed by atoms with Gasteiger partial charge in [0.2, 0.25) is 0 Å². The number of halogens is 1. The molecule has 0 unspecified atom stereocenters. The van der Waals surface area contributed by atoms with Gasteiger partial charge in [-0.1, -0.05) is 12.5 Å². The number of hydrogen-bond acceptors (Lipinski definition) is 3. The third-order valence-electron chi connectivity index (χ3n) is 4.49. The summed E-state index contributed by atoms with van der Waals surface area (Å²) in [6, 6.07) is 2.25. The van der Waals surface area contributed by atoms with Gasteiger partial charge in [0.1, 0.15) is 5.75 Å². The number of nitrogens with zero attached hydrogens (tertiary/aromatic N) is 1. The third-order valence-corrected chi connectivity index (χ3v) is 5.34. The zero-order valence-corrected chi connectivity index (χ0v) is 13.5. The van der Waals surface area contributed by atoms with Crippen molar-refractivity contribution >= 4 is 15.9 Å². The van der Waals surface area contributed by atoms with Crippen LogP contribution in [0, 0.1) is 0 Å². The van der Waals surface area contributed by atoms with Crippen LogP contribution < -0.4 is 5.32 Å². The molecule has 1 aliphatic heterocycles. The van der Waals surface area contributed by atoms with Gasteiger partial charge in [-0.15, -0.1) is 0 Å². The van der Waals surface area contributed by atoms with Crippen LogP contribution in [-0.2, 0) is 19.4 Å². The van der Waals surface area contributed by atoms with E-state index >= 15 is 0 Å². The smallest absolute Gasteiger partial charge is 0.134 e. The molecule has 0 saturated carbocycles. The van der Waals surface area contributed by atoms with Gasteiger partial charge in [-0.3, -0.25) is 4.90 Å². The summed E-state index contributed by atoms with van der Waals surface area (Å²) in [7, 11) is 0. The Hall–Kier alpha value is -0.580. The average Bonchev–Trinajstić information content (AvgIpc) is 2.71. The molecule has 1 saturated heterocycles. The Balaban J connectivity index is 1.86. The summed E-state index contributed by atoms with van der Waals surface area (Å²) in [5.74, 6) is 0.462. The van der Waals surface area contributed by atoms with Gasteiger partial charge in [-0.25, -0.2) is 0 Å². The van der Waals surface area contributed by atoms with Gasteiger partial charge in [0.25, 0.3) is 0 Å². The summed E-state index contributed by atoms with van der Waals surface area (Å²) in [5.41, 5.74) is 3.86. The van der Waals surface area contributed by atoms with Crippen molar-refractivity contribution in [1.82, 2.24) is 10.2 Å². The van der Waals surface area contributed by atoms with Crippen molar-refractivity contribution in [3.8, 4) is 5.75 Å². The standard InChI is InChI=1S/C16H23BrN2O/c17-15-14-5-3-1-2-4-12(14)10-13(16(15)20)11-19-8-6-18-7-9-19/h10,18,20H,1-9,11H2. The Kier molecular flexibility index (Phi) is 4.64. The van der Waals surface area contributed by atoms with Crippen LogP contribution in [0.5, 0.6) is 5.75 Å². The second-order valence-corrected chi connectivity index (χ2v) is 6.72. The fourth-order valence-electron chi connectivity index (χ4n) is 3.31. The lowest BCUT2D eigenvalue weighted by Gasteiger charge is -2.28. The van der Waals surface area contributed by atoms with E-state index in [4.69, 9.17) is 0 Å². The largest absolute Gasteiger partial charge is 0.506 e. The number of hydrogen-bond donors (Lipinski definition) is 2. The first-order chi connectivity index (χ1) is 9.75. The monoisotopic (exact) mass is 338 g/mol. The highest BCUT2D eigenvalue weighted by Crippen LogP contribution is 2.37. The molecule has 2 aliphatic rings. The van der Waals surface area contributed by atoms with E-state index in [0.29, 0.717) is 5.75 Å². The SMILES string of the molecule is Oc1c(CN2CCNCC2)cc2c(c1Br)CCCCC2. The predicted octanol–water partition coefficient (Wildman–Crippen LogP) is 2.83. The van der Waals surface area contributed by atoms with E-state index in [-0.39, 0.29) is 0 Å². The summed E-state index contributed by atoms with van der Waals surface area (Å²) < 4.78 is 0.946. The van der Waals surface area contributed by atoms with E-state index in [0.717, 1.165) is 55.6 Å². The molecule has 4 heteroatoms. The number of phenolic OH excluding ortho intramolecular Hbond substituents is 1. The Morgan fingerprint density at radius 2 is 1.90 bits per heavy atom. The van der Waals surface area contributed by atoms with Crippen molar-refractivity contribution in [2.45, 2.75) is 38.6 Å².